The predicted molar refractivity (Wildman–Crippen MR) is 76.0 cm³/mol. The number of nitrogens with zero attached hydrogens (tertiary/aromatic N) is 1. The molecule has 0 spiro atoms. The van der Waals surface area contributed by atoms with E-state index in [9.17, 15) is 9.50 Å². The molecule has 1 aromatic carbocycles. The quantitative estimate of drug-likeness (QED) is 0.918. The lowest BCUT2D eigenvalue weighted by Crippen LogP contribution is -2.52. The Bertz CT molecular complexity index is 444. The number of likely N-dealkylation sites (tertiary alicyclic amines) is 1. The lowest BCUT2D eigenvalue weighted by molar-refractivity contribution is 0.00295. The molecular weight excluding hydrogens is 265 g/mol. The molecule has 0 amide bonds. The molecule has 1 atom stereocenters. The third-order valence-corrected chi connectivity index (χ3v) is 4.47. The molecule has 2 nitrogen and oxygen atoms in total. The number of hydrogen-bond acceptors (Lipinski definition) is 2. The average molecular weight is 286 g/mol. The molecule has 106 valence electrons. The zero-order valence-electron chi connectivity index (χ0n) is 11.5. The molecule has 0 aromatic heterocycles. The molecule has 2 rings (SSSR count). The molecule has 1 fully saturated rings. The molecule has 19 heavy (non-hydrogen) atoms. The molecule has 0 aliphatic carbocycles. The summed E-state index contributed by atoms with van der Waals surface area (Å²) in [6.45, 7) is 6.04. The molecule has 4 heteroatoms. The maximum absolute atomic E-state index is 13.9. The third-order valence-electron chi connectivity index (χ3n) is 4.18. The highest BCUT2D eigenvalue weighted by Crippen LogP contribution is 2.27. The first-order valence-corrected chi connectivity index (χ1v) is 7.16. The second kappa shape index (κ2) is 5.78. The Morgan fingerprint density at radius 3 is 2.63 bits per heavy atom. The maximum Gasteiger partial charge on any atom is 0.145 e. The van der Waals surface area contributed by atoms with Crippen LogP contribution in [-0.2, 0) is 6.42 Å². The summed E-state index contributed by atoms with van der Waals surface area (Å²) in [5.41, 5.74) is 0.137. The van der Waals surface area contributed by atoms with Crippen molar-refractivity contribution in [3.63, 3.8) is 0 Å². The van der Waals surface area contributed by atoms with E-state index in [0.717, 1.165) is 13.1 Å². The summed E-state index contributed by atoms with van der Waals surface area (Å²) in [6.07, 6.45) is 2.01. The van der Waals surface area contributed by atoms with Crippen LogP contribution in [0.4, 0.5) is 4.39 Å². The Balaban J connectivity index is 2.11. The maximum atomic E-state index is 13.9. The van der Waals surface area contributed by atoms with E-state index in [1.807, 2.05) is 13.8 Å². The monoisotopic (exact) mass is 285 g/mol. The Hall–Kier alpha value is -0.640. The lowest BCUT2D eigenvalue weighted by Gasteiger charge is -2.39. The van der Waals surface area contributed by atoms with E-state index in [2.05, 4.69) is 4.90 Å². The van der Waals surface area contributed by atoms with Crippen molar-refractivity contribution in [2.75, 3.05) is 13.1 Å². The number of rotatable bonds is 4. The molecule has 1 saturated heterocycles. The van der Waals surface area contributed by atoms with E-state index >= 15 is 0 Å². The zero-order chi connectivity index (χ0) is 14.0. The van der Waals surface area contributed by atoms with Gasteiger partial charge < -0.3 is 5.11 Å². The van der Waals surface area contributed by atoms with Crippen LogP contribution in [0.3, 0.4) is 0 Å². The van der Waals surface area contributed by atoms with E-state index in [1.54, 1.807) is 12.1 Å². The van der Waals surface area contributed by atoms with Gasteiger partial charge in [-0.3, -0.25) is 4.90 Å². The molecular formula is C15H21ClFNO. The van der Waals surface area contributed by atoms with Crippen LogP contribution in [0.2, 0.25) is 5.02 Å². The van der Waals surface area contributed by atoms with Crippen LogP contribution in [0.25, 0.3) is 0 Å². The highest BCUT2D eigenvalue weighted by molar-refractivity contribution is 6.30. The normalized spacial score (nSPS) is 18.8. The smallest absolute Gasteiger partial charge is 0.145 e. The fourth-order valence-corrected chi connectivity index (χ4v) is 2.86. The van der Waals surface area contributed by atoms with Gasteiger partial charge in [0.15, 0.2) is 0 Å². The first kappa shape index (κ1) is 14.8. The Kier molecular flexibility index (Phi) is 4.49. The molecule has 1 aliphatic heterocycles. The van der Waals surface area contributed by atoms with Gasteiger partial charge in [0.25, 0.3) is 0 Å². The van der Waals surface area contributed by atoms with E-state index in [4.69, 9.17) is 11.6 Å². The van der Waals surface area contributed by atoms with Gasteiger partial charge in [-0.05, 0) is 51.4 Å². The second-order valence-electron chi connectivity index (χ2n) is 5.78. The summed E-state index contributed by atoms with van der Waals surface area (Å²) in [6, 6.07) is 4.93. The fourth-order valence-electron chi connectivity index (χ4n) is 2.67. The van der Waals surface area contributed by atoms with Crippen molar-refractivity contribution in [1.82, 2.24) is 4.90 Å². The van der Waals surface area contributed by atoms with Gasteiger partial charge in [0.2, 0.25) is 0 Å². The van der Waals surface area contributed by atoms with Crippen LogP contribution >= 0.6 is 11.6 Å². The van der Waals surface area contributed by atoms with Gasteiger partial charge in [0.05, 0.1) is 11.1 Å². The Morgan fingerprint density at radius 1 is 1.37 bits per heavy atom. The van der Waals surface area contributed by atoms with Gasteiger partial charge in [0.1, 0.15) is 5.82 Å². The van der Waals surface area contributed by atoms with Crippen LogP contribution in [0, 0.1) is 5.82 Å². The molecule has 1 aromatic rings. The topological polar surface area (TPSA) is 23.5 Å². The number of aliphatic hydroxyl groups excluding tert-OH is 1. The van der Waals surface area contributed by atoms with Crippen molar-refractivity contribution in [2.45, 2.75) is 44.8 Å². The minimum Gasteiger partial charge on any atom is -0.391 e. The van der Waals surface area contributed by atoms with Crippen LogP contribution < -0.4 is 0 Å². The van der Waals surface area contributed by atoms with Crippen molar-refractivity contribution in [3.05, 3.63) is 34.6 Å². The number of hydrogen-bond donors (Lipinski definition) is 1. The first-order chi connectivity index (χ1) is 8.93. The predicted octanol–water partition coefficient (Wildman–Crippen LogP) is 3.26. The van der Waals surface area contributed by atoms with Crippen molar-refractivity contribution in [3.8, 4) is 0 Å². The standard InChI is InChI=1S/C15H21ClFNO/c1-15(2,18-8-3-4-9-18)13(19)10-11-6-5-7-12(16)14(11)17/h5-7,13,19H,3-4,8-10H2,1-2H3. The van der Waals surface area contributed by atoms with Crippen LogP contribution in [0.5, 0.6) is 0 Å². The number of aliphatic hydroxyl groups is 1. The molecule has 0 saturated carbocycles. The van der Waals surface area contributed by atoms with Gasteiger partial charge in [0, 0.05) is 12.0 Å². The molecule has 1 unspecified atom stereocenters. The summed E-state index contributed by atoms with van der Waals surface area (Å²) in [7, 11) is 0. The van der Waals surface area contributed by atoms with Crippen molar-refractivity contribution < 1.29 is 9.50 Å². The molecule has 1 heterocycles. The minimum absolute atomic E-state index is 0.115. The highest BCUT2D eigenvalue weighted by Gasteiger charge is 2.36. The van der Waals surface area contributed by atoms with Gasteiger partial charge in [-0.1, -0.05) is 23.7 Å². The summed E-state index contributed by atoms with van der Waals surface area (Å²) in [4.78, 5) is 2.28. The summed E-state index contributed by atoms with van der Waals surface area (Å²) >= 11 is 5.77. The van der Waals surface area contributed by atoms with E-state index in [-0.39, 0.29) is 17.0 Å². The SMILES string of the molecule is CC(C)(C(O)Cc1cccc(Cl)c1F)N1CCCC1. The van der Waals surface area contributed by atoms with Gasteiger partial charge in [-0.2, -0.15) is 0 Å². The summed E-state index contributed by atoms with van der Waals surface area (Å²) in [5, 5.41) is 10.6. The number of halogens is 2. The number of benzene rings is 1. The van der Waals surface area contributed by atoms with Crippen molar-refractivity contribution in [1.29, 1.82) is 0 Å². The molecule has 0 bridgehead atoms. The largest absolute Gasteiger partial charge is 0.391 e. The van der Waals surface area contributed by atoms with Gasteiger partial charge in [-0.15, -0.1) is 0 Å². The fraction of sp³-hybridized carbons (Fsp3) is 0.600. The van der Waals surface area contributed by atoms with Crippen LogP contribution in [0.15, 0.2) is 18.2 Å². The van der Waals surface area contributed by atoms with Crippen molar-refractivity contribution >= 4 is 11.6 Å². The van der Waals surface area contributed by atoms with Gasteiger partial charge >= 0.3 is 0 Å². The van der Waals surface area contributed by atoms with Crippen LogP contribution in [0.1, 0.15) is 32.3 Å². The molecule has 0 radical (unpaired) electrons. The average Bonchev–Trinajstić information content (AvgIpc) is 2.89. The molecule has 1 aliphatic rings. The lowest BCUT2D eigenvalue weighted by atomic mass is 9.90. The highest BCUT2D eigenvalue weighted by atomic mass is 35.5. The van der Waals surface area contributed by atoms with Crippen LogP contribution in [-0.4, -0.2) is 34.7 Å². The van der Waals surface area contributed by atoms with Gasteiger partial charge in [-0.25, -0.2) is 4.39 Å². The Morgan fingerprint density at radius 2 is 2.00 bits per heavy atom. The zero-order valence-corrected chi connectivity index (χ0v) is 12.3. The van der Waals surface area contributed by atoms with E-state index in [1.165, 1.54) is 18.9 Å². The molecule has 1 N–H and O–H groups in total. The minimum atomic E-state index is -0.612. The second-order valence-corrected chi connectivity index (χ2v) is 6.19. The van der Waals surface area contributed by atoms with E-state index in [0.29, 0.717) is 5.56 Å². The third kappa shape index (κ3) is 3.10. The Labute approximate surface area is 119 Å². The van der Waals surface area contributed by atoms with E-state index < -0.39 is 11.9 Å². The van der Waals surface area contributed by atoms with Crippen molar-refractivity contribution in [2.24, 2.45) is 0 Å². The first-order valence-electron chi connectivity index (χ1n) is 6.79. The summed E-state index contributed by atoms with van der Waals surface area (Å²) in [5.74, 6) is -0.416. The summed E-state index contributed by atoms with van der Waals surface area (Å²) < 4.78 is 13.9.